The number of hydrogen-bond donors (Lipinski definition) is 1. The number of nitrogens with one attached hydrogen (secondary N) is 1. The summed E-state index contributed by atoms with van der Waals surface area (Å²) in [6, 6.07) is 2.36. The van der Waals surface area contributed by atoms with Gasteiger partial charge in [-0.1, -0.05) is 0 Å². The van der Waals surface area contributed by atoms with Crippen LogP contribution in [0.4, 0.5) is 5.95 Å². The lowest BCUT2D eigenvalue weighted by Crippen LogP contribution is -2.16. The van der Waals surface area contributed by atoms with E-state index in [0.29, 0.717) is 17.9 Å². The van der Waals surface area contributed by atoms with Crippen molar-refractivity contribution in [1.29, 1.82) is 0 Å². The summed E-state index contributed by atoms with van der Waals surface area (Å²) in [5.41, 5.74) is 0. The molecule has 2 aromatic rings. The Labute approximate surface area is 127 Å². The van der Waals surface area contributed by atoms with Crippen molar-refractivity contribution in [3.05, 3.63) is 23.7 Å². The molecule has 5 rings (SSSR count). The fraction of sp³-hybridized carbons (Fsp3) is 0.571. The van der Waals surface area contributed by atoms with Crippen molar-refractivity contribution in [2.75, 3.05) is 5.32 Å². The second kappa shape index (κ2) is 4.16. The van der Waals surface area contributed by atoms with E-state index in [0.717, 1.165) is 23.7 Å². The Morgan fingerprint density at radius 1 is 1.14 bits per heavy atom. The van der Waals surface area contributed by atoms with E-state index in [4.69, 9.17) is 11.6 Å². The number of nitrogens with zero attached hydrogens (tertiary/aromatic N) is 5. The van der Waals surface area contributed by atoms with E-state index in [1.807, 2.05) is 6.07 Å². The molecular weight excluding hydrogens is 288 g/mol. The zero-order valence-corrected chi connectivity index (χ0v) is 12.1. The normalized spacial score (nSPS) is 35.8. The molecule has 6 nitrogen and oxygen atoms in total. The number of aromatic nitrogens is 5. The van der Waals surface area contributed by atoms with Gasteiger partial charge in [0, 0.05) is 18.4 Å². The van der Waals surface area contributed by atoms with Gasteiger partial charge < -0.3 is 5.32 Å². The average Bonchev–Trinajstić information content (AvgIpc) is 2.97. The van der Waals surface area contributed by atoms with Crippen LogP contribution in [0.3, 0.4) is 0 Å². The predicted octanol–water partition coefficient (Wildman–Crippen LogP) is 2.17. The zero-order chi connectivity index (χ0) is 14.0. The Hall–Kier alpha value is -1.69. The standard InChI is InChI=1S/C14H15ClN6/c15-12-18-13(20-14(19-12)21-5-1-4-16-21)17-11-9-7-2-3-8(6-7)10(9)11/h1,4-5,7-11H,2-3,6H2,(H,17,18,19,20). The minimum absolute atomic E-state index is 0.201. The van der Waals surface area contributed by atoms with Gasteiger partial charge in [0.2, 0.25) is 11.2 Å². The topological polar surface area (TPSA) is 68.5 Å². The van der Waals surface area contributed by atoms with Gasteiger partial charge in [0.15, 0.2) is 0 Å². The van der Waals surface area contributed by atoms with Crippen LogP contribution in [-0.4, -0.2) is 30.8 Å². The summed E-state index contributed by atoms with van der Waals surface area (Å²) in [5, 5.41) is 7.81. The molecule has 7 heteroatoms. The third kappa shape index (κ3) is 1.78. The maximum absolute atomic E-state index is 6.02. The second-order valence-electron chi connectivity index (χ2n) is 6.34. The molecule has 0 spiro atoms. The van der Waals surface area contributed by atoms with Gasteiger partial charge >= 0.3 is 0 Å². The third-order valence-corrected chi connectivity index (χ3v) is 5.51. The summed E-state index contributed by atoms with van der Waals surface area (Å²) in [7, 11) is 0. The van der Waals surface area contributed by atoms with E-state index < -0.39 is 0 Å². The highest BCUT2D eigenvalue weighted by Crippen LogP contribution is 2.66. The fourth-order valence-corrected chi connectivity index (χ4v) is 4.72. The third-order valence-electron chi connectivity index (χ3n) is 5.34. The van der Waals surface area contributed by atoms with E-state index in [9.17, 15) is 0 Å². The number of rotatable bonds is 3. The largest absolute Gasteiger partial charge is 0.351 e. The molecule has 0 aliphatic heterocycles. The SMILES string of the molecule is Clc1nc(NC2C3C4CCC(C4)C23)nc(-n2cccn2)n1. The van der Waals surface area contributed by atoms with Crippen LogP contribution in [-0.2, 0) is 0 Å². The van der Waals surface area contributed by atoms with Crippen molar-refractivity contribution in [2.24, 2.45) is 23.7 Å². The first-order valence-corrected chi connectivity index (χ1v) is 7.85. The molecular formula is C14H15ClN6. The van der Waals surface area contributed by atoms with Crippen LogP contribution < -0.4 is 5.32 Å². The molecule has 0 saturated heterocycles. The Balaban J connectivity index is 1.40. The summed E-state index contributed by atoms with van der Waals surface area (Å²) >= 11 is 6.02. The summed E-state index contributed by atoms with van der Waals surface area (Å²) in [6.45, 7) is 0. The van der Waals surface area contributed by atoms with Gasteiger partial charge in [-0.25, -0.2) is 4.68 Å². The first kappa shape index (κ1) is 11.9. The van der Waals surface area contributed by atoms with E-state index in [-0.39, 0.29) is 5.28 Å². The molecule has 0 radical (unpaired) electrons. The average molecular weight is 303 g/mol. The van der Waals surface area contributed by atoms with Crippen molar-refractivity contribution in [3.63, 3.8) is 0 Å². The van der Waals surface area contributed by atoms with Gasteiger partial charge in [-0.3, -0.25) is 0 Å². The Morgan fingerprint density at radius 3 is 2.67 bits per heavy atom. The first-order chi connectivity index (χ1) is 10.3. The zero-order valence-electron chi connectivity index (χ0n) is 11.4. The van der Waals surface area contributed by atoms with Crippen molar-refractivity contribution in [1.82, 2.24) is 24.7 Å². The number of hydrogen-bond acceptors (Lipinski definition) is 5. The molecule has 3 aliphatic rings. The molecule has 21 heavy (non-hydrogen) atoms. The molecule has 108 valence electrons. The van der Waals surface area contributed by atoms with Crippen LogP contribution in [0.5, 0.6) is 0 Å². The van der Waals surface area contributed by atoms with E-state index in [1.54, 1.807) is 17.1 Å². The summed E-state index contributed by atoms with van der Waals surface area (Å²) in [6.07, 6.45) is 7.72. The quantitative estimate of drug-likeness (QED) is 0.941. The van der Waals surface area contributed by atoms with Crippen LogP contribution in [0.1, 0.15) is 19.3 Å². The monoisotopic (exact) mass is 302 g/mol. The van der Waals surface area contributed by atoms with Crippen LogP contribution in [0.15, 0.2) is 18.5 Å². The van der Waals surface area contributed by atoms with Gasteiger partial charge in [0.25, 0.3) is 5.95 Å². The van der Waals surface area contributed by atoms with Crippen LogP contribution in [0.25, 0.3) is 5.95 Å². The molecule has 4 atom stereocenters. The lowest BCUT2D eigenvalue weighted by molar-refractivity contribution is 0.456. The molecule has 0 aromatic carbocycles. The molecule has 3 aliphatic carbocycles. The van der Waals surface area contributed by atoms with Gasteiger partial charge in [-0.15, -0.1) is 0 Å². The molecule has 0 amide bonds. The van der Waals surface area contributed by atoms with E-state index in [1.165, 1.54) is 19.3 Å². The highest BCUT2D eigenvalue weighted by Gasteiger charge is 2.65. The maximum atomic E-state index is 6.02. The molecule has 3 saturated carbocycles. The maximum Gasteiger partial charge on any atom is 0.256 e. The molecule has 1 N–H and O–H groups in total. The van der Waals surface area contributed by atoms with Crippen molar-refractivity contribution in [3.8, 4) is 5.95 Å². The van der Waals surface area contributed by atoms with Crippen LogP contribution in [0.2, 0.25) is 5.28 Å². The van der Waals surface area contributed by atoms with Gasteiger partial charge in [0.05, 0.1) is 0 Å². The minimum atomic E-state index is 0.201. The predicted molar refractivity (Wildman–Crippen MR) is 77.2 cm³/mol. The van der Waals surface area contributed by atoms with Crippen molar-refractivity contribution < 1.29 is 0 Å². The van der Waals surface area contributed by atoms with Gasteiger partial charge in [-0.2, -0.15) is 20.1 Å². The van der Waals surface area contributed by atoms with Crippen LogP contribution in [0, 0.1) is 23.7 Å². The molecule has 3 fully saturated rings. The van der Waals surface area contributed by atoms with E-state index >= 15 is 0 Å². The Kier molecular flexibility index (Phi) is 2.36. The lowest BCUT2D eigenvalue weighted by Gasteiger charge is -2.11. The summed E-state index contributed by atoms with van der Waals surface area (Å²) in [5.74, 6) is 4.51. The number of anilines is 1. The summed E-state index contributed by atoms with van der Waals surface area (Å²) in [4.78, 5) is 12.8. The van der Waals surface area contributed by atoms with Crippen LogP contribution >= 0.6 is 11.6 Å². The fourth-order valence-electron chi connectivity index (χ4n) is 4.56. The molecule has 2 heterocycles. The lowest BCUT2D eigenvalue weighted by atomic mass is 10.0. The molecule has 2 aromatic heterocycles. The van der Waals surface area contributed by atoms with Gasteiger partial charge in [-0.05, 0) is 60.6 Å². The molecule has 4 unspecified atom stereocenters. The minimum Gasteiger partial charge on any atom is -0.351 e. The Bertz CT molecular complexity index is 671. The van der Waals surface area contributed by atoms with Crippen molar-refractivity contribution >= 4 is 17.5 Å². The second-order valence-corrected chi connectivity index (χ2v) is 6.67. The molecule has 2 bridgehead atoms. The number of halogens is 1. The summed E-state index contributed by atoms with van der Waals surface area (Å²) < 4.78 is 1.59. The smallest absolute Gasteiger partial charge is 0.256 e. The first-order valence-electron chi connectivity index (χ1n) is 7.48. The van der Waals surface area contributed by atoms with Gasteiger partial charge in [0.1, 0.15) is 0 Å². The number of fused-ring (bicyclic) bond motifs is 5. The van der Waals surface area contributed by atoms with Crippen molar-refractivity contribution in [2.45, 2.75) is 25.3 Å². The van der Waals surface area contributed by atoms with E-state index in [2.05, 4.69) is 25.4 Å². The Morgan fingerprint density at radius 2 is 1.95 bits per heavy atom. The highest BCUT2D eigenvalue weighted by molar-refractivity contribution is 6.28. The highest BCUT2D eigenvalue weighted by atomic mass is 35.5.